The number of rotatable bonds is 10. The SMILES string of the molecule is CCCS(=O)(=O)CC1CC(CNC(=O)c2ccc(C(F)(F)F)nc2OC)(CC2CC2)C1. The van der Waals surface area contributed by atoms with Gasteiger partial charge in [-0.2, -0.15) is 13.2 Å². The Morgan fingerprint density at radius 2 is 1.94 bits per heavy atom. The molecule has 31 heavy (non-hydrogen) atoms. The summed E-state index contributed by atoms with van der Waals surface area (Å²) in [6.07, 6.45) is 0.650. The van der Waals surface area contributed by atoms with Gasteiger partial charge in [0.1, 0.15) is 11.3 Å². The third-order valence-corrected chi connectivity index (χ3v) is 8.09. The zero-order valence-electron chi connectivity index (χ0n) is 17.8. The Bertz CT molecular complexity index is 908. The third kappa shape index (κ3) is 6.11. The quantitative estimate of drug-likeness (QED) is 0.571. The van der Waals surface area contributed by atoms with Crippen LogP contribution in [0.2, 0.25) is 0 Å². The molecule has 0 bridgehead atoms. The molecule has 174 valence electrons. The Labute approximate surface area is 180 Å². The highest BCUT2D eigenvalue weighted by atomic mass is 32.2. The standard InChI is InChI=1S/C21H29F3N2O4S/c1-3-8-31(28,29)12-15-10-20(11-15,9-14-4-5-14)13-25-18(27)16-6-7-17(21(22,23)24)26-19(16)30-2/h6-7,14-15H,3-5,8-13H2,1-2H3,(H,25,27). The molecule has 3 rings (SSSR count). The summed E-state index contributed by atoms with van der Waals surface area (Å²) in [5.41, 5.74) is -1.34. The van der Waals surface area contributed by atoms with Crippen molar-refractivity contribution in [2.45, 2.75) is 51.6 Å². The zero-order chi connectivity index (χ0) is 22.9. The summed E-state index contributed by atoms with van der Waals surface area (Å²) >= 11 is 0. The number of halogens is 3. The van der Waals surface area contributed by atoms with Gasteiger partial charge in [0, 0.05) is 12.3 Å². The number of carbonyl (C=O) groups is 1. The van der Waals surface area contributed by atoms with Gasteiger partial charge in [0.05, 0.1) is 12.9 Å². The van der Waals surface area contributed by atoms with Crippen LogP contribution in [-0.2, 0) is 16.0 Å². The van der Waals surface area contributed by atoms with Crippen LogP contribution in [0.25, 0.3) is 0 Å². The first-order chi connectivity index (χ1) is 14.5. The molecule has 2 saturated carbocycles. The Morgan fingerprint density at radius 3 is 2.48 bits per heavy atom. The van der Waals surface area contributed by atoms with Gasteiger partial charge in [-0.05, 0) is 55.1 Å². The van der Waals surface area contributed by atoms with E-state index < -0.39 is 27.6 Å². The van der Waals surface area contributed by atoms with E-state index in [1.165, 1.54) is 7.11 Å². The molecule has 1 heterocycles. The fraction of sp³-hybridized carbons (Fsp3) is 0.714. The van der Waals surface area contributed by atoms with Crippen molar-refractivity contribution in [3.05, 3.63) is 23.4 Å². The van der Waals surface area contributed by atoms with Gasteiger partial charge in [-0.15, -0.1) is 0 Å². The molecule has 2 aliphatic carbocycles. The normalized spacial score (nSPS) is 23.8. The topological polar surface area (TPSA) is 85.4 Å². The van der Waals surface area contributed by atoms with E-state index in [4.69, 9.17) is 4.74 Å². The number of hydrogen-bond donors (Lipinski definition) is 1. The van der Waals surface area contributed by atoms with E-state index in [0.717, 1.165) is 44.2 Å². The van der Waals surface area contributed by atoms with Crippen LogP contribution in [0.3, 0.4) is 0 Å². The van der Waals surface area contributed by atoms with E-state index in [2.05, 4.69) is 10.3 Å². The fourth-order valence-electron chi connectivity index (χ4n) is 4.64. The lowest BCUT2D eigenvalue weighted by molar-refractivity contribution is -0.141. The highest BCUT2D eigenvalue weighted by molar-refractivity contribution is 7.91. The van der Waals surface area contributed by atoms with Gasteiger partial charge in [-0.25, -0.2) is 13.4 Å². The molecule has 1 aromatic rings. The van der Waals surface area contributed by atoms with Gasteiger partial charge >= 0.3 is 6.18 Å². The summed E-state index contributed by atoms with van der Waals surface area (Å²) < 4.78 is 67.8. The average molecular weight is 463 g/mol. The minimum atomic E-state index is -4.63. The van der Waals surface area contributed by atoms with E-state index >= 15 is 0 Å². The number of carbonyl (C=O) groups excluding carboxylic acids is 1. The maximum Gasteiger partial charge on any atom is 0.433 e. The van der Waals surface area contributed by atoms with Gasteiger partial charge in [0.2, 0.25) is 5.88 Å². The number of amides is 1. The van der Waals surface area contributed by atoms with Crippen molar-refractivity contribution >= 4 is 15.7 Å². The first kappa shape index (κ1) is 23.8. The number of pyridine rings is 1. The van der Waals surface area contributed by atoms with E-state index in [0.29, 0.717) is 18.9 Å². The van der Waals surface area contributed by atoms with Crippen LogP contribution in [0.15, 0.2) is 12.1 Å². The molecule has 1 aromatic heterocycles. The smallest absolute Gasteiger partial charge is 0.433 e. The number of methoxy groups -OCH3 is 1. The number of alkyl halides is 3. The third-order valence-electron chi connectivity index (χ3n) is 6.08. The average Bonchev–Trinajstić information content (AvgIpc) is 3.46. The van der Waals surface area contributed by atoms with Crippen LogP contribution < -0.4 is 10.1 Å². The molecule has 6 nitrogen and oxygen atoms in total. The second-order valence-electron chi connectivity index (χ2n) is 8.97. The summed E-state index contributed by atoms with van der Waals surface area (Å²) in [6.45, 7) is 2.20. The van der Waals surface area contributed by atoms with Crippen LogP contribution in [0, 0.1) is 17.3 Å². The zero-order valence-corrected chi connectivity index (χ0v) is 18.6. The van der Waals surface area contributed by atoms with Crippen molar-refractivity contribution in [3.8, 4) is 5.88 Å². The predicted octanol–water partition coefficient (Wildman–Crippen LogP) is 3.86. The Morgan fingerprint density at radius 1 is 1.26 bits per heavy atom. The van der Waals surface area contributed by atoms with E-state index in [-0.39, 0.29) is 34.3 Å². The first-order valence-electron chi connectivity index (χ1n) is 10.6. The molecule has 0 spiro atoms. The molecule has 0 aromatic carbocycles. The summed E-state index contributed by atoms with van der Waals surface area (Å²) in [6, 6.07) is 1.83. The lowest BCUT2D eigenvalue weighted by Gasteiger charge is -2.48. The predicted molar refractivity (Wildman–Crippen MR) is 110 cm³/mol. The summed E-state index contributed by atoms with van der Waals surface area (Å²) in [5.74, 6) is 0.145. The summed E-state index contributed by atoms with van der Waals surface area (Å²) in [5, 5.41) is 2.83. The van der Waals surface area contributed by atoms with Crippen LogP contribution in [-0.4, -0.2) is 44.5 Å². The van der Waals surface area contributed by atoms with Gasteiger partial charge in [0.15, 0.2) is 9.84 Å². The van der Waals surface area contributed by atoms with E-state index in [1.807, 2.05) is 6.92 Å². The first-order valence-corrected chi connectivity index (χ1v) is 12.4. The number of ether oxygens (including phenoxy) is 1. The van der Waals surface area contributed by atoms with Crippen LogP contribution in [0.4, 0.5) is 13.2 Å². The van der Waals surface area contributed by atoms with Gasteiger partial charge in [-0.3, -0.25) is 4.79 Å². The second kappa shape index (κ2) is 8.96. The van der Waals surface area contributed by atoms with Gasteiger partial charge < -0.3 is 10.1 Å². The van der Waals surface area contributed by atoms with Crippen LogP contribution >= 0.6 is 0 Å². The maximum atomic E-state index is 12.9. The molecule has 0 unspecified atom stereocenters. The molecule has 0 aliphatic heterocycles. The van der Waals surface area contributed by atoms with Crippen molar-refractivity contribution in [1.29, 1.82) is 0 Å². The number of aromatic nitrogens is 1. The molecule has 1 N–H and O–H groups in total. The largest absolute Gasteiger partial charge is 0.480 e. The lowest BCUT2D eigenvalue weighted by atomic mass is 9.60. The number of sulfone groups is 1. The molecule has 10 heteroatoms. The molecule has 0 atom stereocenters. The van der Waals surface area contributed by atoms with Crippen LogP contribution in [0.5, 0.6) is 5.88 Å². The number of hydrogen-bond acceptors (Lipinski definition) is 5. The van der Waals surface area contributed by atoms with Crippen LogP contribution in [0.1, 0.15) is 61.5 Å². The van der Waals surface area contributed by atoms with Gasteiger partial charge in [-0.1, -0.05) is 19.8 Å². The summed E-state index contributed by atoms with van der Waals surface area (Å²) in [7, 11) is -1.89. The highest BCUT2D eigenvalue weighted by Gasteiger charge is 2.48. The molecule has 0 radical (unpaired) electrons. The minimum Gasteiger partial charge on any atom is -0.480 e. The van der Waals surface area contributed by atoms with E-state index in [9.17, 15) is 26.4 Å². The Kier molecular flexibility index (Phi) is 6.88. The fourth-order valence-corrected chi connectivity index (χ4v) is 6.39. The molecular formula is C21H29F3N2O4S. The number of nitrogens with zero attached hydrogens (tertiary/aromatic N) is 1. The molecule has 0 saturated heterocycles. The lowest BCUT2D eigenvalue weighted by Crippen LogP contribution is -2.48. The van der Waals surface area contributed by atoms with E-state index in [1.54, 1.807) is 0 Å². The van der Waals surface area contributed by atoms with Crippen molar-refractivity contribution in [3.63, 3.8) is 0 Å². The molecular weight excluding hydrogens is 433 g/mol. The molecule has 2 aliphatic rings. The molecule has 2 fully saturated rings. The monoisotopic (exact) mass is 462 g/mol. The minimum absolute atomic E-state index is 0.0570. The highest BCUT2D eigenvalue weighted by Crippen LogP contribution is 2.54. The van der Waals surface area contributed by atoms with Crippen molar-refractivity contribution < 1.29 is 31.1 Å². The second-order valence-corrected chi connectivity index (χ2v) is 11.2. The van der Waals surface area contributed by atoms with Gasteiger partial charge in [0.25, 0.3) is 5.91 Å². The van der Waals surface area contributed by atoms with Crippen molar-refractivity contribution in [2.24, 2.45) is 17.3 Å². The maximum absolute atomic E-state index is 12.9. The number of nitrogens with one attached hydrogen (secondary N) is 1. The Hall–Kier alpha value is -1.84. The Balaban J connectivity index is 1.64. The summed E-state index contributed by atoms with van der Waals surface area (Å²) in [4.78, 5) is 16.1. The van der Waals surface area contributed by atoms with Crippen molar-refractivity contribution in [1.82, 2.24) is 10.3 Å². The molecule has 1 amide bonds. The van der Waals surface area contributed by atoms with Crippen molar-refractivity contribution in [2.75, 3.05) is 25.2 Å².